The topological polar surface area (TPSA) is 49.8 Å². The van der Waals surface area contributed by atoms with E-state index in [1.165, 1.54) is 13.1 Å². The van der Waals surface area contributed by atoms with Crippen molar-refractivity contribution < 1.29 is 13.2 Å². The van der Waals surface area contributed by atoms with E-state index in [4.69, 9.17) is 0 Å². The molecule has 1 aromatic heterocycles. The van der Waals surface area contributed by atoms with Crippen molar-refractivity contribution in [3.8, 4) is 0 Å². The fourth-order valence-electron chi connectivity index (χ4n) is 1.64. The van der Waals surface area contributed by atoms with Crippen LogP contribution in [0.1, 0.15) is 11.4 Å². The monoisotopic (exact) mass is 360 g/mol. The summed E-state index contributed by atoms with van der Waals surface area (Å²) in [5.74, 6) is -1.03. The van der Waals surface area contributed by atoms with Crippen molar-refractivity contribution in [3.63, 3.8) is 0 Å². The van der Waals surface area contributed by atoms with Crippen molar-refractivity contribution >= 4 is 33.3 Å². The van der Waals surface area contributed by atoms with Crippen molar-refractivity contribution in [1.82, 2.24) is 9.97 Å². The van der Waals surface area contributed by atoms with Gasteiger partial charge < -0.3 is 10.6 Å². The van der Waals surface area contributed by atoms with Crippen LogP contribution in [-0.2, 0) is 6.18 Å². The lowest BCUT2D eigenvalue weighted by molar-refractivity contribution is -0.144. The second-order valence-corrected chi connectivity index (χ2v) is 5.15. The third-order valence-electron chi connectivity index (χ3n) is 2.67. The first-order chi connectivity index (χ1) is 9.79. The molecule has 1 heterocycles. The van der Waals surface area contributed by atoms with E-state index in [1.807, 2.05) is 13.0 Å². The van der Waals surface area contributed by atoms with Crippen LogP contribution in [0.15, 0.2) is 28.7 Å². The summed E-state index contributed by atoms with van der Waals surface area (Å²) in [4.78, 5) is 6.90. The first-order valence-corrected chi connectivity index (χ1v) is 6.76. The Morgan fingerprint density at radius 1 is 1.10 bits per heavy atom. The van der Waals surface area contributed by atoms with Gasteiger partial charge in [-0.3, -0.25) is 0 Å². The summed E-state index contributed by atoms with van der Waals surface area (Å²) in [6, 6.07) is 6.76. The van der Waals surface area contributed by atoms with Gasteiger partial charge in [0, 0.05) is 23.3 Å². The fourth-order valence-corrected chi connectivity index (χ4v) is 1.88. The number of aryl methyl sites for hydroxylation is 1. The van der Waals surface area contributed by atoms with Crippen molar-refractivity contribution in [2.45, 2.75) is 13.1 Å². The normalized spacial score (nSPS) is 11.3. The number of anilines is 3. The van der Waals surface area contributed by atoms with Gasteiger partial charge in [0.1, 0.15) is 11.6 Å². The maximum atomic E-state index is 12.8. The Morgan fingerprint density at radius 3 is 2.33 bits per heavy atom. The van der Waals surface area contributed by atoms with Gasteiger partial charge in [-0.25, -0.2) is 9.97 Å². The quantitative estimate of drug-likeness (QED) is 0.854. The Balaban J connectivity index is 2.36. The average Bonchev–Trinajstić information content (AvgIpc) is 2.41. The maximum absolute atomic E-state index is 12.8. The highest BCUT2D eigenvalue weighted by Gasteiger charge is 2.35. The van der Waals surface area contributed by atoms with Crippen LogP contribution >= 0.6 is 15.9 Å². The summed E-state index contributed by atoms with van der Waals surface area (Å²) in [5, 5.41) is 5.43. The number of alkyl halides is 3. The molecule has 0 saturated heterocycles. The zero-order valence-corrected chi connectivity index (χ0v) is 12.8. The smallest absolute Gasteiger partial charge is 0.373 e. The summed E-state index contributed by atoms with van der Waals surface area (Å²) in [6.45, 7) is 1.88. The van der Waals surface area contributed by atoms with Gasteiger partial charge in [0.2, 0.25) is 5.82 Å². The van der Waals surface area contributed by atoms with E-state index < -0.39 is 12.0 Å². The number of aromatic nitrogens is 2. The predicted molar refractivity (Wildman–Crippen MR) is 78.7 cm³/mol. The first-order valence-electron chi connectivity index (χ1n) is 5.97. The van der Waals surface area contributed by atoms with Crippen LogP contribution in [0.25, 0.3) is 0 Å². The van der Waals surface area contributed by atoms with Gasteiger partial charge in [0.05, 0.1) is 0 Å². The second kappa shape index (κ2) is 5.88. The molecule has 1 aromatic carbocycles. The molecule has 2 rings (SSSR count). The maximum Gasteiger partial charge on any atom is 0.451 e. The molecular weight excluding hydrogens is 349 g/mol. The van der Waals surface area contributed by atoms with Crippen LogP contribution in [-0.4, -0.2) is 17.0 Å². The molecule has 0 spiro atoms. The number of rotatable bonds is 3. The van der Waals surface area contributed by atoms with Crippen LogP contribution in [0.2, 0.25) is 0 Å². The van der Waals surface area contributed by atoms with E-state index in [2.05, 4.69) is 36.5 Å². The van der Waals surface area contributed by atoms with Crippen molar-refractivity contribution in [1.29, 1.82) is 0 Å². The lowest BCUT2D eigenvalue weighted by Crippen LogP contribution is -2.13. The Morgan fingerprint density at radius 2 is 1.76 bits per heavy atom. The number of halogens is 4. The minimum absolute atomic E-state index is 0.0726. The Labute approximate surface area is 127 Å². The van der Waals surface area contributed by atoms with Gasteiger partial charge >= 0.3 is 6.18 Å². The van der Waals surface area contributed by atoms with Crippen LogP contribution < -0.4 is 10.6 Å². The van der Waals surface area contributed by atoms with Gasteiger partial charge in [-0.05, 0) is 30.7 Å². The molecule has 0 aliphatic rings. The third-order valence-corrected chi connectivity index (χ3v) is 3.56. The highest BCUT2D eigenvalue weighted by molar-refractivity contribution is 9.10. The van der Waals surface area contributed by atoms with E-state index in [-0.39, 0.29) is 11.6 Å². The largest absolute Gasteiger partial charge is 0.451 e. The molecule has 0 atom stereocenters. The molecule has 0 amide bonds. The molecule has 0 fully saturated rings. The highest BCUT2D eigenvalue weighted by atomic mass is 79.9. The third kappa shape index (κ3) is 3.84. The summed E-state index contributed by atoms with van der Waals surface area (Å²) >= 11 is 3.36. The summed E-state index contributed by atoms with van der Waals surface area (Å²) in [5.41, 5.74) is 1.60. The zero-order valence-electron chi connectivity index (χ0n) is 11.2. The molecule has 4 nitrogen and oxygen atoms in total. The van der Waals surface area contributed by atoms with Crippen molar-refractivity contribution in [3.05, 3.63) is 40.1 Å². The molecule has 2 aromatic rings. The summed E-state index contributed by atoms with van der Waals surface area (Å²) < 4.78 is 39.2. The highest BCUT2D eigenvalue weighted by Crippen LogP contribution is 2.29. The molecule has 0 unspecified atom stereocenters. The van der Waals surface area contributed by atoms with E-state index in [0.29, 0.717) is 5.69 Å². The van der Waals surface area contributed by atoms with Gasteiger partial charge in [-0.2, -0.15) is 13.2 Å². The van der Waals surface area contributed by atoms with E-state index >= 15 is 0 Å². The minimum atomic E-state index is -4.60. The lowest BCUT2D eigenvalue weighted by atomic mass is 10.2. The Bertz CT molecular complexity index is 658. The van der Waals surface area contributed by atoms with Gasteiger partial charge in [0.15, 0.2) is 0 Å². The molecule has 112 valence electrons. The van der Waals surface area contributed by atoms with Gasteiger partial charge in [-0.15, -0.1) is 0 Å². The Kier molecular flexibility index (Phi) is 4.36. The minimum Gasteiger partial charge on any atom is -0.373 e. The molecule has 0 bridgehead atoms. The molecular formula is C13H12BrF3N4. The SMILES string of the molecule is CNc1cc(Nc2ccc(Br)c(C)c2)nc(C(F)(F)F)n1. The standard InChI is InChI=1S/C13H12BrF3N4/c1-7-5-8(3-4-9(7)14)19-11-6-10(18-2)20-12(21-11)13(15,16)17/h3-6H,1-2H3,(H2,18,19,20,21). The van der Waals surface area contributed by atoms with Crippen LogP contribution in [0.5, 0.6) is 0 Å². The Hall–Kier alpha value is -1.83. The molecule has 8 heteroatoms. The molecule has 0 aliphatic heterocycles. The average molecular weight is 361 g/mol. The molecule has 0 aliphatic carbocycles. The van der Waals surface area contributed by atoms with Crippen LogP contribution in [0.3, 0.4) is 0 Å². The zero-order chi connectivity index (χ0) is 15.6. The number of nitrogens with zero attached hydrogens (tertiary/aromatic N) is 2. The number of nitrogens with one attached hydrogen (secondary N) is 2. The fraction of sp³-hybridized carbons (Fsp3) is 0.231. The van der Waals surface area contributed by atoms with Gasteiger partial charge in [0.25, 0.3) is 0 Å². The molecule has 21 heavy (non-hydrogen) atoms. The molecule has 0 saturated carbocycles. The number of benzene rings is 1. The molecule has 0 radical (unpaired) electrons. The molecule has 2 N–H and O–H groups in total. The number of hydrogen-bond donors (Lipinski definition) is 2. The van der Waals surface area contributed by atoms with Gasteiger partial charge in [-0.1, -0.05) is 15.9 Å². The first kappa shape index (κ1) is 15.6. The second-order valence-electron chi connectivity index (χ2n) is 4.30. The van der Waals surface area contributed by atoms with E-state index in [9.17, 15) is 13.2 Å². The summed E-state index contributed by atoms with van der Waals surface area (Å²) in [6.07, 6.45) is -4.60. The van der Waals surface area contributed by atoms with Crippen molar-refractivity contribution in [2.75, 3.05) is 17.7 Å². The van der Waals surface area contributed by atoms with E-state index in [0.717, 1.165) is 10.0 Å². The van der Waals surface area contributed by atoms with E-state index in [1.54, 1.807) is 12.1 Å². The lowest BCUT2D eigenvalue weighted by Gasteiger charge is -2.12. The van der Waals surface area contributed by atoms with Crippen LogP contribution in [0.4, 0.5) is 30.5 Å². The summed E-state index contributed by atoms with van der Waals surface area (Å²) in [7, 11) is 1.50. The number of hydrogen-bond acceptors (Lipinski definition) is 4. The van der Waals surface area contributed by atoms with Crippen LogP contribution in [0, 0.1) is 6.92 Å². The predicted octanol–water partition coefficient (Wildman–Crippen LogP) is 4.35. The van der Waals surface area contributed by atoms with Crippen molar-refractivity contribution in [2.24, 2.45) is 0 Å².